The molecule has 0 saturated carbocycles. The van der Waals surface area contributed by atoms with Gasteiger partial charge in [-0.15, -0.1) is 0 Å². The van der Waals surface area contributed by atoms with Crippen molar-refractivity contribution < 1.29 is 0 Å². The van der Waals surface area contributed by atoms with Crippen LogP contribution >= 0.6 is 0 Å². The van der Waals surface area contributed by atoms with Gasteiger partial charge in [-0.05, 0) is 196 Å². The summed E-state index contributed by atoms with van der Waals surface area (Å²) in [4.78, 5) is 5.09. The van der Waals surface area contributed by atoms with E-state index in [1.807, 2.05) is 0 Å². The van der Waals surface area contributed by atoms with E-state index in [9.17, 15) is 0 Å². The molecule has 410 valence electrons. The van der Waals surface area contributed by atoms with Gasteiger partial charge < -0.3 is 9.80 Å². The van der Waals surface area contributed by atoms with Crippen LogP contribution in [0.2, 0.25) is 0 Å². The maximum absolute atomic E-state index is 5.06. The lowest BCUT2D eigenvalue weighted by Gasteiger charge is -2.38. The Hall–Kier alpha value is -8.20. The smallest absolute Gasteiger partial charge is 0.0717 e. The summed E-state index contributed by atoms with van der Waals surface area (Å²) < 4.78 is 0. The molecule has 12 rings (SSSR count). The molecule has 0 N–H and O–H groups in total. The average molecular weight is 1070 g/mol. The Kier molecular flexibility index (Phi) is 13.5. The van der Waals surface area contributed by atoms with Gasteiger partial charge in [0, 0.05) is 28.4 Å². The Morgan fingerprint density at radius 2 is 0.841 bits per heavy atom. The van der Waals surface area contributed by atoms with Crippen molar-refractivity contribution in [2.45, 2.75) is 129 Å². The number of rotatable bonds is 8. The maximum atomic E-state index is 5.06. The molecule has 0 bridgehead atoms. The van der Waals surface area contributed by atoms with E-state index in [0.717, 1.165) is 41.9 Å². The molecule has 0 saturated heterocycles. The number of hydrogen-bond acceptors (Lipinski definition) is 2. The molecule has 9 aromatic rings. The van der Waals surface area contributed by atoms with E-state index in [4.69, 9.17) is 6.58 Å². The highest BCUT2D eigenvalue weighted by Gasteiger charge is 2.51. The molecule has 0 fully saturated rings. The topological polar surface area (TPSA) is 6.48 Å². The lowest BCUT2D eigenvalue weighted by molar-refractivity contribution is 0.590. The molecule has 82 heavy (non-hydrogen) atoms. The molecule has 0 aliphatic heterocycles. The second-order valence-corrected chi connectivity index (χ2v) is 27.4. The van der Waals surface area contributed by atoms with E-state index < -0.39 is 5.41 Å². The summed E-state index contributed by atoms with van der Waals surface area (Å²) in [5, 5.41) is 2.53. The maximum Gasteiger partial charge on any atom is 0.0717 e. The minimum Gasteiger partial charge on any atom is -0.314 e. The molecule has 0 unspecified atom stereocenters. The van der Waals surface area contributed by atoms with E-state index in [0.29, 0.717) is 0 Å². The Morgan fingerprint density at radius 1 is 0.415 bits per heavy atom. The molecular formula is C80H80N2. The van der Waals surface area contributed by atoms with Crippen molar-refractivity contribution in [3.63, 3.8) is 0 Å². The molecule has 0 aromatic heterocycles. The van der Waals surface area contributed by atoms with E-state index in [1.54, 1.807) is 0 Å². The zero-order chi connectivity index (χ0) is 57.5. The summed E-state index contributed by atoms with van der Waals surface area (Å²) in [6, 6.07) is 72.2. The van der Waals surface area contributed by atoms with Gasteiger partial charge in [0.05, 0.1) is 11.1 Å². The van der Waals surface area contributed by atoms with Crippen LogP contribution < -0.4 is 9.80 Å². The van der Waals surface area contributed by atoms with Crippen LogP contribution in [0.3, 0.4) is 0 Å². The summed E-state index contributed by atoms with van der Waals surface area (Å²) in [5.41, 5.74) is 25.6. The summed E-state index contributed by atoms with van der Waals surface area (Å²) in [7, 11) is 0. The van der Waals surface area contributed by atoms with Crippen molar-refractivity contribution in [2.24, 2.45) is 0 Å². The fraction of sp³-hybridized carbons (Fsp3) is 0.250. The fourth-order valence-electron chi connectivity index (χ4n) is 13.5. The first kappa shape index (κ1) is 54.4. The third-order valence-electron chi connectivity index (χ3n) is 17.8. The van der Waals surface area contributed by atoms with E-state index in [1.165, 1.54) is 106 Å². The van der Waals surface area contributed by atoms with Gasteiger partial charge in [0.25, 0.3) is 0 Å². The highest BCUT2D eigenvalue weighted by Crippen LogP contribution is 2.64. The minimum atomic E-state index is -0.734. The van der Waals surface area contributed by atoms with Crippen molar-refractivity contribution in [3.05, 3.63) is 291 Å². The van der Waals surface area contributed by atoms with E-state index >= 15 is 0 Å². The van der Waals surface area contributed by atoms with Crippen LogP contribution in [0, 0.1) is 0 Å². The zero-order valence-electron chi connectivity index (χ0n) is 50.5. The Morgan fingerprint density at radius 3 is 1.29 bits per heavy atom. The molecule has 0 spiro atoms. The molecule has 0 amide bonds. The number of benzene rings is 9. The van der Waals surface area contributed by atoms with Crippen molar-refractivity contribution in [1.29, 1.82) is 0 Å². The summed E-state index contributed by atoms with van der Waals surface area (Å²) in [6.07, 6.45) is 14.0. The number of hydrogen-bond donors (Lipinski definition) is 0. The predicted octanol–water partition coefficient (Wildman–Crippen LogP) is 21.7. The zero-order valence-corrected chi connectivity index (χ0v) is 50.5. The monoisotopic (exact) mass is 1070 g/mol. The predicted molar refractivity (Wildman–Crippen MR) is 353 cm³/mol. The standard InChI is InChI=1S/C80H80N2/c1-53-25-17-14-22-32-68-71(82(62-45-37-56(38-46-62)78(8,9)10)63-47-39-57(40-48-63)79(11,12)13)52-70-74(72(53)68)73-66-31-24-23-30-65(66)69-51-64(49-50-67(69)75(73)80(70,58-26-18-15-19-27-58)59-28-20-16-21-29-59)81(60-41-33-54(34-42-60)76(2,3)4)61-43-35-55(36-44-61)77(5,6)7/h14-31,33-48,51-52H,1,32,49-50H2,2-13H3/b22-14-,25-17-. The molecule has 0 atom stereocenters. The molecule has 0 heterocycles. The summed E-state index contributed by atoms with van der Waals surface area (Å²) in [6.45, 7) is 32.7. The fourth-order valence-corrected chi connectivity index (χ4v) is 13.5. The second-order valence-electron chi connectivity index (χ2n) is 27.4. The first-order valence-corrected chi connectivity index (χ1v) is 29.8. The average Bonchev–Trinajstić information content (AvgIpc) is 1.56. The molecule has 2 heteroatoms. The number of nitrogens with zero attached hydrogens (tertiary/aromatic N) is 2. The minimum absolute atomic E-state index is 0.00219. The Bertz CT molecular complexity index is 3830. The lowest BCUT2D eigenvalue weighted by atomic mass is 9.64. The third-order valence-corrected chi connectivity index (χ3v) is 17.8. The van der Waals surface area contributed by atoms with Crippen LogP contribution in [0.25, 0.3) is 33.5 Å². The largest absolute Gasteiger partial charge is 0.314 e. The normalized spacial score (nSPS) is 15.6. The van der Waals surface area contributed by atoms with Crippen molar-refractivity contribution in [1.82, 2.24) is 0 Å². The summed E-state index contributed by atoms with van der Waals surface area (Å²) in [5.74, 6) is 0. The Balaban J connectivity index is 1.20. The first-order valence-electron chi connectivity index (χ1n) is 29.8. The van der Waals surface area contributed by atoms with E-state index in [-0.39, 0.29) is 21.7 Å². The van der Waals surface area contributed by atoms with Crippen molar-refractivity contribution >= 4 is 50.9 Å². The number of fused-ring (bicyclic) bond motifs is 10. The number of allylic oxidation sites excluding steroid dienone is 6. The lowest BCUT2D eigenvalue weighted by Crippen LogP contribution is -2.31. The molecular weight excluding hydrogens is 989 g/mol. The van der Waals surface area contributed by atoms with Gasteiger partial charge >= 0.3 is 0 Å². The van der Waals surface area contributed by atoms with Crippen LogP contribution in [0.1, 0.15) is 156 Å². The SMILES string of the molecule is C=C1/C=C\C=C/Cc2c(N(c3ccc(C(C)(C)C)cc3)c3ccc(C(C)(C)C)cc3)cc3c(c21)-c1c(c2c(c4ccccc14)C=C(N(c1ccc(C(C)(C)C)cc1)c1ccc(C(C)(C)C)cc1)CC2)C3(c1ccccc1)c1ccccc1. The van der Waals surface area contributed by atoms with Crippen LogP contribution in [-0.2, 0) is 39.9 Å². The van der Waals surface area contributed by atoms with Gasteiger partial charge in [0.1, 0.15) is 0 Å². The summed E-state index contributed by atoms with van der Waals surface area (Å²) >= 11 is 0. The molecule has 2 nitrogen and oxygen atoms in total. The third kappa shape index (κ3) is 9.39. The van der Waals surface area contributed by atoms with E-state index in [2.05, 4.69) is 311 Å². The van der Waals surface area contributed by atoms with Gasteiger partial charge in [0.2, 0.25) is 0 Å². The van der Waals surface area contributed by atoms with Crippen molar-refractivity contribution in [2.75, 3.05) is 9.80 Å². The van der Waals surface area contributed by atoms with Crippen LogP contribution in [0.15, 0.2) is 225 Å². The van der Waals surface area contributed by atoms with Gasteiger partial charge in [-0.2, -0.15) is 0 Å². The highest BCUT2D eigenvalue weighted by molar-refractivity contribution is 6.12. The van der Waals surface area contributed by atoms with Gasteiger partial charge in [-0.1, -0.05) is 247 Å². The second kappa shape index (κ2) is 20.4. The van der Waals surface area contributed by atoms with Crippen molar-refractivity contribution in [3.8, 4) is 11.1 Å². The number of anilines is 5. The van der Waals surface area contributed by atoms with Crippen LogP contribution in [0.5, 0.6) is 0 Å². The van der Waals surface area contributed by atoms with Gasteiger partial charge in [-0.25, -0.2) is 0 Å². The quantitative estimate of drug-likeness (QED) is 0.150. The van der Waals surface area contributed by atoms with Crippen LogP contribution in [0.4, 0.5) is 28.4 Å². The molecule has 0 radical (unpaired) electrons. The molecule has 3 aliphatic carbocycles. The molecule has 3 aliphatic rings. The highest BCUT2D eigenvalue weighted by atomic mass is 15.2. The first-order chi connectivity index (χ1) is 39.1. The van der Waals surface area contributed by atoms with Gasteiger partial charge in [0.15, 0.2) is 0 Å². The van der Waals surface area contributed by atoms with Crippen LogP contribution in [-0.4, -0.2) is 0 Å². The molecule has 9 aromatic carbocycles. The Labute approximate surface area is 489 Å². The van der Waals surface area contributed by atoms with Gasteiger partial charge in [-0.3, -0.25) is 0 Å².